The minimum Gasteiger partial charge on any atom is -0.491 e. The fraction of sp³-hybridized carbons (Fsp3) is 0.158. The third kappa shape index (κ3) is 5.41. The van der Waals surface area contributed by atoms with Gasteiger partial charge in [-0.1, -0.05) is 17.8 Å². The number of carbonyl (C=O) groups excluding carboxylic acids is 1. The van der Waals surface area contributed by atoms with Gasteiger partial charge in [-0.25, -0.2) is 9.97 Å². The van der Waals surface area contributed by atoms with E-state index < -0.39 is 10.8 Å². The van der Waals surface area contributed by atoms with E-state index in [0.29, 0.717) is 22.3 Å². The van der Waals surface area contributed by atoms with Crippen LogP contribution < -0.4 is 15.5 Å². The number of hydrogen-bond acceptors (Lipinski definition) is 8. The van der Waals surface area contributed by atoms with Crippen molar-refractivity contribution in [3.8, 4) is 5.75 Å². The minimum absolute atomic E-state index is 0.0999. The number of nitrogens with zero attached hydrogens (tertiary/aromatic N) is 4. The number of nitro benzene ring substituents is 1. The number of benzene rings is 1. The summed E-state index contributed by atoms with van der Waals surface area (Å²) in [4.78, 5) is 43.3. The lowest BCUT2D eigenvalue weighted by Gasteiger charge is -2.14. The Balaban J connectivity index is 1.79. The SMILES string of the molecule is COc1cn(CC(=O)Nc2cccc([N+](=O)[O-])c2)c(CSc2ncccn2)cc1=O. The Labute approximate surface area is 175 Å². The first-order chi connectivity index (χ1) is 14.5. The second-order valence-corrected chi connectivity index (χ2v) is 6.94. The van der Waals surface area contributed by atoms with Gasteiger partial charge in [0.25, 0.3) is 5.69 Å². The van der Waals surface area contributed by atoms with Crippen molar-refractivity contribution in [2.45, 2.75) is 17.5 Å². The highest BCUT2D eigenvalue weighted by atomic mass is 32.2. The monoisotopic (exact) mass is 427 g/mol. The predicted molar refractivity (Wildman–Crippen MR) is 111 cm³/mol. The van der Waals surface area contributed by atoms with Gasteiger partial charge in [0, 0.05) is 47.7 Å². The number of nitrogens with one attached hydrogen (secondary N) is 1. The summed E-state index contributed by atoms with van der Waals surface area (Å²) in [5.41, 5.74) is 0.443. The van der Waals surface area contributed by atoms with Crippen molar-refractivity contribution in [3.05, 3.63) is 81.0 Å². The normalized spacial score (nSPS) is 10.4. The number of carbonyl (C=O) groups is 1. The third-order valence-corrected chi connectivity index (χ3v) is 4.86. The van der Waals surface area contributed by atoms with Crippen LogP contribution in [0.5, 0.6) is 5.75 Å². The fourth-order valence-corrected chi connectivity index (χ4v) is 3.37. The van der Waals surface area contributed by atoms with Crippen molar-refractivity contribution >= 4 is 29.0 Å². The summed E-state index contributed by atoms with van der Waals surface area (Å²) in [5.74, 6) is 0.0409. The standard InChI is InChI=1S/C19H17N5O5S/c1-29-17-10-23(11-18(26)22-13-4-2-5-14(8-13)24(27)28)15(9-16(17)25)12-30-19-20-6-3-7-21-19/h2-10H,11-12H2,1H3,(H,22,26). The number of methoxy groups -OCH3 is 1. The molecule has 0 fully saturated rings. The zero-order valence-electron chi connectivity index (χ0n) is 15.8. The molecule has 3 aromatic rings. The number of hydrogen-bond donors (Lipinski definition) is 1. The quantitative estimate of drug-likeness (QED) is 0.251. The zero-order valence-corrected chi connectivity index (χ0v) is 16.7. The predicted octanol–water partition coefficient (Wildman–Crippen LogP) is 2.49. The average molecular weight is 427 g/mol. The number of rotatable bonds is 8. The van der Waals surface area contributed by atoms with Gasteiger partial charge in [0.15, 0.2) is 10.9 Å². The number of aromatic nitrogens is 3. The smallest absolute Gasteiger partial charge is 0.271 e. The van der Waals surface area contributed by atoms with Gasteiger partial charge in [-0.2, -0.15) is 0 Å². The van der Waals surface area contributed by atoms with Crippen LogP contribution in [0.3, 0.4) is 0 Å². The molecule has 0 bridgehead atoms. The summed E-state index contributed by atoms with van der Waals surface area (Å²) in [5, 5.41) is 14.1. The Morgan fingerprint density at radius 3 is 2.73 bits per heavy atom. The van der Waals surface area contributed by atoms with E-state index in [2.05, 4.69) is 15.3 Å². The highest BCUT2D eigenvalue weighted by Crippen LogP contribution is 2.20. The highest BCUT2D eigenvalue weighted by Gasteiger charge is 2.13. The van der Waals surface area contributed by atoms with Crippen LogP contribution in [0.1, 0.15) is 5.69 Å². The van der Waals surface area contributed by atoms with E-state index in [9.17, 15) is 19.7 Å². The van der Waals surface area contributed by atoms with Gasteiger partial charge in [0.2, 0.25) is 11.3 Å². The maximum atomic E-state index is 12.5. The van der Waals surface area contributed by atoms with Crippen LogP contribution in [0, 0.1) is 10.1 Å². The molecule has 0 spiro atoms. The molecular weight excluding hydrogens is 410 g/mol. The first-order valence-electron chi connectivity index (χ1n) is 8.67. The van der Waals surface area contributed by atoms with Gasteiger partial charge in [0.1, 0.15) is 6.54 Å². The van der Waals surface area contributed by atoms with Gasteiger partial charge >= 0.3 is 0 Å². The van der Waals surface area contributed by atoms with Crippen LogP contribution in [0.2, 0.25) is 0 Å². The molecule has 2 aromatic heterocycles. The van der Waals surface area contributed by atoms with E-state index in [-0.39, 0.29) is 23.4 Å². The average Bonchev–Trinajstić information content (AvgIpc) is 2.74. The Bertz CT molecular complexity index is 1120. The van der Waals surface area contributed by atoms with Crippen LogP contribution >= 0.6 is 11.8 Å². The lowest BCUT2D eigenvalue weighted by atomic mass is 10.2. The summed E-state index contributed by atoms with van der Waals surface area (Å²) in [7, 11) is 1.37. The third-order valence-electron chi connectivity index (χ3n) is 3.95. The van der Waals surface area contributed by atoms with Gasteiger partial charge in [0.05, 0.1) is 18.2 Å². The summed E-state index contributed by atoms with van der Waals surface area (Å²) in [6.45, 7) is -0.120. The Morgan fingerprint density at radius 1 is 1.27 bits per heavy atom. The largest absolute Gasteiger partial charge is 0.491 e. The van der Waals surface area contributed by atoms with Gasteiger partial charge < -0.3 is 14.6 Å². The molecule has 3 rings (SSSR count). The van der Waals surface area contributed by atoms with Crippen LogP contribution in [0.4, 0.5) is 11.4 Å². The molecule has 0 saturated carbocycles. The molecule has 10 nitrogen and oxygen atoms in total. The molecule has 0 aliphatic carbocycles. The van der Waals surface area contributed by atoms with Gasteiger partial charge in [-0.3, -0.25) is 19.7 Å². The Kier molecular flexibility index (Phi) is 6.75. The van der Waals surface area contributed by atoms with Crippen molar-refractivity contribution in [2.24, 2.45) is 0 Å². The molecule has 0 aliphatic rings. The molecule has 1 aromatic carbocycles. The molecule has 1 N–H and O–H groups in total. The number of ether oxygens (including phenoxy) is 1. The van der Waals surface area contributed by atoms with Gasteiger partial charge in [-0.15, -0.1) is 0 Å². The van der Waals surface area contributed by atoms with Crippen molar-refractivity contribution in [1.29, 1.82) is 0 Å². The number of anilines is 1. The number of non-ortho nitro benzene ring substituents is 1. The van der Waals surface area contributed by atoms with E-state index in [0.717, 1.165) is 0 Å². The van der Waals surface area contributed by atoms with Crippen LogP contribution in [0.15, 0.2) is 64.9 Å². The van der Waals surface area contributed by atoms with Gasteiger partial charge in [-0.05, 0) is 12.1 Å². The van der Waals surface area contributed by atoms with Crippen molar-refractivity contribution in [3.63, 3.8) is 0 Å². The second-order valence-electron chi connectivity index (χ2n) is 6.00. The summed E-state index contributed by atoms with van der Waals surface area (Å²) in [6, 6.07) is 8.75. The van der Waals surface area contributed by atoms with Crippen LogP contribution in [-0.4, -0.2) is 32.5 Å². The zero-order chi connectivity index (χ0) is 21.5. The molecule has 154 valence electrons. The first kappa shape index (κ1) is 21.0. The van der Waals surface area contributed by atoms with E-state index in [1.165, 1.54) is 49.3 Å². The highest BCUT2D eigenvalue weighted by molar-refractivity contribution is 7.98. The molecule has 0 radical (unpaired) electrons. The fourth-order valence-electron chi connectivity index (χ4n) is 2.57. The van der Waals surface area contributed by atoms with E-state index in [1.807, 2.05) is 0 Å². The lowest BCUT2D eigenvalue weighted by Crippen LogP contribution is -2.22. The topological polar surface area (TPSA) is 129 Å². The van der Waals surface area contributed by atoms with E-state index in [1.54, 1.807) is 29.1 Å². The maximum Gasteiger partial charge on any atom is 0.271 e. The van der Waals surface area contributed by atoms with Crippen LogP contribution in [-0.2, 0) is 17.1 Å². The Hall–Kier alpha value is -3.73. The molecule has 11 heteroatoms. The molecule has 2 heterocycles. The number of nitro groups is 1. The molecule has 0 atom stereocenters. The minimum atomic E-state index is -0.538. The number of thioether (sulfide) groups is 1. The second kappa shape index (κ2) is 9.65. The maximum absolute atomic E-state index is 12.5. The van der Waals surface area contributed by atoms with Crippen molar-refractivity contribution < 1.29 is 14.5 Å². The summed E-state index contributed by atoms with van der Waals surface area (Å²) < 4.78 is 6.66. The molecular formula is C19H17N5O5S. The molecule has 0 unspecified atom stereocenters. The molecule has 0 saturated heterocycles. The molecule has 1 amide bonds. The Morgan fingerprint density at radius 2 is 2.03 bits per heavy atom. The summed E-state index contributed by atoms with van der Waals surface area (Å²) >= 11 is 1.32. The van der Waals surface area contributed by atoms with E-state index >= 15 is 0 Å². The van der Waals surface area contributed by atoms with Crippen molar-refractivity contribution in [1.82, 2.24) is 14.5 Å². The number of pyridine rings is 1. The first-order valence-corrected chi connectivity index (χ1v) is 9.66. The lowest BCUT2D eigenvalue weighted by molar-refractivity contribution is -0.384. The van der Waals surface area contributed by atoms with Crippen molar-refractivity contribution in [2.75, 3.05) is 12.4 Å². The molecule has 0 aliphatic heterocycles. The molecule has 30 heavy (non-hydrogen) atoms. The number of amides is 1. The van der Waals surface area contributed by atoms with E-state index in [4.69, 9.17) is 4.74 Å². The van der Waals surface area contributed by atoms with Crippen LogP contribution in [0.25, 0.3) is 0 Å². The summed E-state index contributed by atoms with van der Waals surface area (Å²) in [6.07, 6.45) is 4.68.